The standard InChI is InChI=1S/C22H20N2OS/c1-17-8-7-9-18(16-17)14-15-23-22(25)24-20-12-5-6-13-21(20)26-19-10-3-2-4-11-19/h2-16H,1H3,(H2,23,24,25)/b15-14+. The van der Waals surface area contributed by atoms with Crippen LogP contribution in [0.15, 0.2) is 94.9 Å². The second-order valence-corrected chi connectivity index (χ2v) is 6.87. The van der Waals surface area contributed by atoms with Crippen molar-refractivity contribution in [3.63, 3.8) is 0 Å². The average molecular weight is 360 g/mol. The minimum absolute atomic E-state index is 0.269. The van der Waals surface area contributed by atoms with Gasteiger partial charge in [-0.05, 0) is 42.8 Å². The van der Waals surface area contributed by atoms with E-state index in [1.165, 1.54) is 5.56 Å². The summed E-state index contributed by atoms with van der Waals surface area (Å²) in [6.07, 6.45) is 3.52. The summed E-state index contributed by atoms with van der Waals surface area (Å²) in [6, 6.07) is 25.7. The van der Waals surface area contributed by atoms with Gasteiger partial charge >= 0.3 is 6.03 Å². The van der Waals surface area contributed by atoms with E-state index < -0.39 is 0 Å². The first kappa shape index (κ1) is 17.8. The molecule has 0 saturated heterocycles. The molecule has 0 bridgehead atoms. The van der Waals surface area contributed by atoms with Crippen LogP contribution >= 0.6 is 11.8 Å². The van der Waals surface area contributed by atoms with Gasteiger partial charge in [-0.2, -0.15) is 0 Å². The molecule has 0 radical (unpaired) electrons. The molecule has 4 heteroatoms. The number of carbonyl (C=O) groups excluding carboxylic acids is 1. The minimum atomic E-state index is -0.269. The molecule has 3 rings (SSSR count). The molecule has 0 heterocycles. The number of urea groups is 1. The molecule has 130 valence electrons. The molecule has 2 amide bonds. The molecule has 0 fully saturated rings. The van der Waals surface area contributed by atoms with Gasteiger partial charge in [-0.3, -0.25) is 0 Å². The van der Waals surface area contributed by atoms with Crippen LogP contribution in [0, 0.1) is 6.92 Å². The van der Waals surface area contributed by atoms with Crippen molar-refractivity contribution in [2.45, 2.75) is 16.7 Å². The Hall–Kier alpha value is -2.98. The Morgan fingerprint density at radius 2 is 1.69 bits per heavy atom. The Labute approximate surface area is 158 Å². The van der Waals surface area contributed by atoms with Crippen LogP contribution in [0.25, 0.3) is 6.08 Å². The minimum Gasteiger partial charge on any atom is -0.314 e. The lowest BCUT2D eigenvalue weighted by Gasteiger charge is -2.10. The van der Waals surface area contributed by atoms with E-state index in [0.29, 0.717) is 0 Å². The van der Waals surface area contributed by atoms with Gasteiger partial charge in [0.25, 0.3) is 0 Å². The molecule has 0 saturated carbocycles. The first-order valence-corrected chi connectivity index (χ1v) is 9.15. The molecule has 3 aromatic carbocycles. The summed E-state index contributed by atoms with van der Waals surface area (Å²) >= 11 is 1.62. The van der Waals surface area contributed by atoms with Gasteiger partial charge in [-0.15, -0.1) is 0 Å². The predicted octanol–water partition coefficient (Wildman–Crippen LogP) is 5.94. The Balaban J connectivity index is 1.62. The number of rotatable bonds is 5. The second kappa shape index (κ2) is 8.92. The van der Waals surface area contributed by atoms with Gasteiger partial charge < -0.3 is 10.6 Å². The predicted molar refractivity (Wildman–Crippen MR) is 109 cm³/mol. The number of para-hydroxylation sites is 1. The maximum absolute atomic E-state index is 12.2. The maximum atomic E-state index is 12.2. The van der Waals surface area contributed by atoms with Crippen LogP contribution in [0.5, 0.6) is 0 Å². The van der Waals surface area contributed by atoms with Crippen LogP contribution in [0.4, 0.5) is 10.5 Å². The van der Waals surface area contributed by atoms with E-state index >= 15 is 0 Å². The molecule has 2 N–H and O–H groups in total. The summed E-state index contributed by atoms with van der Waals surface area (Å²) < 4.78 is 0. The zero-order chi connectivity index (χ0) is 18.2. The van der Waals surface area contributed by atoms with E-state index in [1.54, 1.807) is 18.0 Å². The summed E-state index contributed by atoms with van der Waals surface area (Å²) in [5, 5.41) is 5.66. The number of hydrogen-bond donors (Lipinski definition) is 2. The molecular formula is C22H20N2OS. The van der Waals surface area contributed by atoms with Crippen LogP contribution < -0.4 is 10.6 Å². The highest BCUT2D eigenvalue weighted by Crippen LogP contribution is 2.33. The highest BCUT2D eigenvalue weighted by Gasteiger charge is 2.06. The first-order valence-electron chi connectivity index (χ1n) is 8.33. The Kier molecular flexibility index (Phi) is 6.12. The smallest absolute Gasteiger partial charge is 0.314 e. The fraction of sp³-hybridized carbons (Fsp3) is 0.0455. The third-order valence-electron chi connectivity index (χ3n) is 3.64. The molecule has 26 heavy (non-hydrogen) atoms. The lowest BCUT2D eigenvalue weighted by molar-refractivity contribution is 0.255. The monoisotopic (exact) mass is 360 g/mol. The van der Waals surface area contributed by atoms with E-state index in [-0.39, 0.29) is 6.03 Å². The quantitative estimate of drug-likeness (QED) is 0.591. The molecule has 3 nitrogen and oxygen atoms in total. The second-order valence-electron chi connectivity index (χ2n) is 5.76. The molecule has 0 atom stereocenters. The third-order valence-corrected chi connectivity index (χ3v) is 4.72. The van der Waals surface area contributed by atoms with Gasteiger partial charge in [0.15, 0.2) is 0 Å². The van der Waals surface area contributed by atoms with Gasteiger partial charge in [0, 0.05) is 16.0 Å². The van der Waals surface area contributed by atoms with Crippen LogP contribution in [0.1, 0.15) is 11.1 Å². The van der Waals surface area contributed by atoms with Crippen molar-refractivity contribution in [2.24, 2.45) is 0 Å². The summed E-state index contributed by atoms with van der Waals surface area (Å²) in [7, 11) is 0. The number of anilines is 1. The third kappa shape index (κ3) is 5.26. The number of amides is 2. The average Bonchev–Trinajstić information content (AvgIpc) is 2.64. The summed E-state index contributed by atoms with van der Waals surface area (Å²) in [5.74, 6) is 0. The van der Waals surface area contributed by atoms with Crippen molar-refractivity contribution >= 4 is 29.6 Å². The number of hydrogen-bond acceptors (Lipinski definition) is 2. The van der Waals surface area contributed by atoms with Crippen molar-refractivity contribution in [1.29, 1.82) is 0 Å². The van der Waals surface area contributed by atoms with Gasteiger partial charge in [0.05, 0.1) is 5.69 Å². The Morgan fingerprint density at radius 1 is 0.923 bits per heavy atom. The van der Waals surface area contributed by atoms with E-state index in [0.717, 1.165) is 21.0 Å². The molecule has 3 aromatic rings. The van der Waals surface area contributed by atoms with Crippen LogP contribution in [0.2, 0.25) is 0 Å². The SMILES string of the molecule is Cc1cccc(/C=C/NC(=O)Nc2ccccc2Sc2ccccc2)c1. The van der Waals surface area contributed by atoms with E-state index in [9.17, 15) is 4.79 Å². The molecule has 0 aliphatic heterocycles. The van der Waals surface area contributed by atoms with E-state index in [4.69, 9.17) is 0 Å². The van der Waals surface area contributed by atoms with Crippen molar-refractivity contribution in [3.05, 3.63) is 96.2 Å². The van der Waals surface area contributed by atoms with Crippen molar-refractivity contribution in [2.75, 3.05) is 5.32 Å². The van der Waals surface area contributed by atoms with Gasteiger partial charge in [-0.25, -0.2) is 4.79 Å². The lowest BCUT2D eigenvalue weighted by Crippen LogP contribution is -2.24. The zero-order valence-electron chi connectivity index (χ0n) is 14.5. The fourth-order valence-electron chi connectivity index (χ4n) is 2.42. The summed E-state index contributed by atoms with van der Waals surface area (Å²) in [5.41, 5.74) is 3.01. The topological polar surface area (TPSA) is 41.1 Å². The molecular weight excluding hydrogens is 340 g/mol. The lowest BCUT2D eigenvalue weighted by atomic mass is 10.1. The number of benzene rings is 3. The van der Waals surface area contributed by atoms with Crippen molar-refractivity contribution in [1.82, 2.24) is 5.32 Å². The zero-order valence-corrected chi connectivity index (χ0v) is 15.3. The summed E-state index contributed by atoms with van der Waals surface area (Å²) in [4.78, 5) is 14.3. The highest BCUT2D eigenvalue weighted by molar-refractivity contribution is 7.99. The first-order chi connectivity index (χ1) is 12.7. The molecule has 0 aliphatic carbocycles. The van der Waals surface area contributed by atoms with Crippen molar-refractivity contribution in [3.8, 4) is 0 Å². The Bertz CT molecular complexity index is 907. The molecule has 0 aromatic heterocycles. The van der Waals surface area contributed by atoms with Crippen LogP contribution in [-0.4, -0.2) is 6.03 Å². The van der Waals surface area contributed by atoms with Crippen molar-refractivity contribution < 1.29 is 4.79 Å². The van der Waals surface area contributed by atoms with Gasteiger partial charge in [-0.1, -0.05) is 71.9 Å². The molecule has 0 spiro atoms. The van der Waals surface area contributed by atoms with Gasteiger partial charge in [0.2, 0.25) is 0 Å². The van der Waals surface area contributed by atoms with Crippen LogP contribution in [0.3, 0.4) is 0 Å². The number of carbonyl (C=O) groups is 1. The normalized spacial score (nSPS) is 10.7. The fourth-order valence-corrected chi connectivity index (χ4v) is 3.34. The molecule has 0 aliphatic rings. The van der Waals surface area contributed by atoms with E-state index in [1.807, 2.05) is 85.8 Å². The summed E-state index contributed by atoms with van der Waals surface area (Å²) in [6.45, 7) is 2.04. The maximum Gasteiger partial charge on any atom is 0.323 e. The number of nitrogens with one attached hydrogen (secondary N) is 2. The van der Waals surface area contributed by atoms with E-state index in [2.05, 4.69) is 16.7 Å². The van der Waals surface area contributed by atoms with Gasteiger partial charge in [0.1, 0.15) is 0 Å². The highest BCUT2D eigenvalue weighted by atomic mass is 32.2. The Morgan fingerprint density at radius 3 is 2.50 bits per heavy atom. The molecule has 0 unspecified atom stereocenters. The number of aryl methyl sites for hydroxylation is 1. The van der Waals surface area contributed by atoms with Crippen LogP contribution in [-0.2, 0) is 0 Å². The largest absolute Gasteiger partial charge is 0.323 e.